The normalized spacial score (nSPS) is 15.2. The molecule has 10 nitrogen and oxygen atoms in total. The minimum atomic E-state index is -3.49. The van der Waals surface area contributed by atoms with E-state index in [-0.39, 0.29) is 23.6 Å². The van der Waals surface area contributed by atoms with Gasteiger partial charge >= 0.3 is 0 Å². The third-order valence-corrected chi connectivity index (χ3v) is 6.66. The molecule has 2 aromatic rings. The van der Waals surface area contributed by atoms with Crippen LogP contribution in [0.5, 0.6) is 0 Å². The van der Waals surface area contributed by atoms with E-state index in [9.17, 15) is 18.0 Å². The molecular weight excluding hydrogens is 408 g/mol. The molecule has 0 bridgehead atoms. The maximum Gasteiger partial charge on any atom is 0.271 e. The lowest BCUT2D eigenvalue weighted by Gasteiger charge is -2.34. The van der Waals surface area contributed by atoms with E-state index in [0.29, 0.717) is 39.1 Å². The fourth-order valence-corrected chi connectivity index (χ4v) is 4.53. The van der Waals surface area contributed by atoms with E-state index in [0.717, 1.165) is 5.82 Å². The van der Waals surface area contributed by atoms with Crippen LogP contribution in [0.3, 0.4) is 0 Å². The van der Waals surface area contributed by atoms with Crippen LogP contribution >= 0.6 is 0 Å². The van der Waals surface area contributed by atoms with Crippen molar-refractivity contribution in [2.75, 3.05) is 43.4 Å². The number of sulfonamides is 1. The van der Waals surface area contributed by atoms with Gasteiger partial charge in [0.05, 0.1) is 5.75 Å². The van der Waals surface area contributed by atoms with Crippen LogP contribution in [-0.2, 0) is 16.6 Å². The standard InChI is InChI=1S/C19H26N6O4S/c1-2-10-25-18(26)7-6-16(22-25)19(27)21-9-15-30(28,29)24-13-11-23(12-14-24)17-5-3-4-8-20-17/h3-8H,2,9-15H2,1H3,(H,21,27). The first kappa shape index (κ1) is 21.9. The van der Waals surface area contributed by atoms with Gasteiger partial charge < -0.3 is 10.2 Å². The van der Waals surface area contributed by atoms with E-state index in [1.807, 2.05) is 30.0 Å². The highest BCUT2D eigenvalue weighted by Crippen LogP contribution is 2.14. The van der Waals surface area contributed by atoms with Crippen LogP contribution in [0.4, 0.5) is 5.82 Å². The molecule has 0 saturated carbocycles. The van der Waals surface area contributed by atoms with Crippen molar-refractivity contribution in [3.8, 4) is 0 Å². The average molecular weight is 435 g/mol. The first-order valence-electron chi connectivity index (χ1n) is 9.91. The fraction of sp³-hybridized carbons (Fsp3) is 0.474. The lowest BCUT2D eigenvalue weighted by Crippen LogP contribution is -2.50. The van der Waals surface area contributed by atoms with Crippen LogP contribution < -0.4 is 15.8 Å². The molecule has 0 radical (unpaired) electrons. The van der Waals surface area contributed by atoms with Gasteiger partial charge in [0.2, 0.25) is 10.0 Å². The number of anilines is 1. The Balaban J connectivity index is 1.50. The molecule has 0 unspecified atom stereocenters. The van der Waals surface area contributed by atoms with E-state index in [1.165, 1.54) is 21.1 Å². The number of carbonyl (C=O) groups excluding carboxylic acids is 1. The van der Waals surface area contributed by atoms with Crippen molar-refractivity contribution in [3.63, 3.8) is 0 Å². The molecule has 1 aliphatic rings. The first-order valence-corrected chi connectivity index (χ1v) is 11.5. The summed E-state index contributed by atoms with van der Waals surface area (Å²) in [4.78, 5) is 30.3. The zero-order valence-corrected chi connectivity index (χ0v) is 17.7. The highest BCUT2D eigenvalue weighted by atomic mass is 32.2. The van der Waals surface area contributed by atoms with Gasteiger partial charge in [0.15, 0.2) is 0 Å². The molecule has 2 aromatic heterocycles. The lowest BCUT2D eigenvalue weighted by atomic mass is 10.3. The third kappa shape index (κ3) is 5.42. The Morgan fingerprint density at radius 3 is 2.57 bits per heavy atom. The van der Waals surface area contributed by atoms with Crippen molar-refractivity contribution in [2.24, 2.45) is 0 Å². The number of amides is 1. The molecule has 1 fully saturated rings. The number of carbonyl (C=O) groups is 1. The molecule has 0 aliphatic carbocycles. The van der Waals surface area contributed by atoms with Crippen molar-refractivity contribution >= 4 is 21.7 Å². The number of nitrogens with zero attached hydrogens (tertiary/aromatic N) is 5. The topological polar surface area (TPSA) is 118 Å². The Morgan fingerprint density at radius 1 is 1.13 bits per heavy atom. The molecular formula is C19H26N6O4S. The van der Waals surface area contributed by atoms with Gasteiger partial charge in [0, 0.05) is 51.5 Å². The van der Waals surface area contributed by atoms with Gasteiger partial charge in [0.25, 0.3) is 11.5 Å². The molecule has 0 atom stereocenters. The predicted octanol–water partition coefficient (Wildman–Crippen LogP) is -0.0699. The number of aryl methyl sites for hydroxylation is 1. The first-order chi connectivity index (χ1) is 14.4. The molecule has 3 heterocycles. The SMILES string of the molecule is CCCn1nc(C(=O)NCCS(=O)(=O)N2CCN(c3ccccn3)CC2)ccc1=O. The van der Waals surface area contributed by atoms with E-state index in [4.69, 9.17) is 0 Å². The van der Waals surface area contributed by atoms with Gasteiger partial charge in [-0.2, -0.15) is 9.40 Å². The Morgan fingerprint density at radius 2 is 1.90 bits per heavy atom. The predicted molar refractivity (Wildman–Crippen MR) is 113 cm³/mol. The van der Waals surface area contributed by atoms with Gasteiger partial charge in [0.1, 0.15) is 11.5 Å². The maximum absolute atomic E-state index is 12.6. The number of hydrogen-bond donors (Lipinski definition) is 1. The Kier molecular flexibility index (Phi) is 7.16. The lowest BCUT2D eigenvalue weighted by molar-refractivity contribution is 0.0948. The second-order valence-electron chi connectivity index (χ2n) is 6.93. The maximum atomic E-state index is 12.6. The molecule has 1 N–H and O–H groups in total. The van der Waals surface area contributed by atoms with Crippen molar-refractivity contribution < 1.29 is 13.2 Å². The van der Waals surface area contributed by atoms with E-state index in [2.05, 4.69) is 15.4 Å². The van der Waals surface area contributed by atoms with E-state index in [1.54, 1.807) is 6.20 Å². The average Bonchev–Trinajstić information content (AvgIpc) is 2.76. The van der Waals surface area contributed by atoms with Gasteiger partial charge in [-0.25, -0.2) is 18.1 Å². The molecule has 1 saturated heterocycles. The smallest absolute Gasteiger partial charge is 0.271 e. The summed E-state index contributed by atoms with van der Waals surface area (Å²) in [6.45, 7) is 4.15. The molecule has 3 rings (SSSR count). The molecule has 30 heavy (non-hydrogen) atoms. The van der Waals surface area contributed by atoms with Gasteiger partial charge in [-0.3, -0.25) is 9.59 Å². The number of rotatable bonds is 8. The second-order valence-corrected chi connectivity index (χ2v) is 9.01. The van der Waals surface area contributed by atoms with Gasteiger partial charge in [-0.05, 0) is 24.6 Å². The van der Waals surface area contributed by atoms with Gasteiger partial charge in [-0.15, -0.1) is 0 Å². The zero-order valence-electron chi connectivity index (χ0n) is 16.9. The second kappa shape index (κ2) is 9.81. The van der Waals surface area contributed by atoms with Crippen molar-refractivity contribution in [1.29, 1.82) is 0 Å². The summed E-state index contributed by atoms with van der Waals surface area (Å²) in [6.07, 6.45) is 2.42. The molecule has 1 aliphatic heterocycles. The Labute approximate surface area is 175 Å². The molecule has 1 amide bonds. The summed E-state index contributed by atoms with van der Waals surface area (Å²) in [7, 11) is -3.49. The van der Waals surface area contributed by atoms with Gasteiger partial charge in [-0.1, -0.05) is 13.0 Å². The minimum Gasteiger partial charge on any atom is -0.354 e. The van der Waals surface area contributed by atoms with E-state index >= 15 is 0 Å². The van der Waals surface area contributed by atoms with Crippen LogP contribution in [0.15, 0.2) is 41.3 Å². The van der Waals surface area contributed by atoms with E-state index < -0.39 is 15.9 Å². The summed E-state index contributed by atoms with van der Waals surface area (Å²) in [5, 5.41) is 6.60. The largest absolute Gasteiger partial charge is 0.354 e. The number of pyridine rings is 1. The Bertz CT molecular complexity index is 1020. The molecule has 0 aromatic carbocycles. The molecule has 11 heteroatoms. The van der Waals surface area contributed by atoms with Crippen LogP contribution in [0.1, 0.15) is 23.8 Å². The third-order valence-electron chi connectivity index (χ3n) is 4.79. The summed E-state index contributed by atoms with van der Waals surface area (Å²) < 4.78 is 27.9. The van der Waals surface area contributed by atoms with Crippen molar-refractivity contribution in [1.82, 2.24) is 24.4 Å². The minimum absolute atomic E-state index is 0.0315. The van der Waals surface area contributed by atoms with Crippen LogP contribution in [0.2, 0.25) is 0 Å². The highest BCUT2D eigenvalue weighted by Gasteiger charge is 2.27. The Hall–Kier alpha value is -2.79. The van der Waals surface area contributed by atoms with Crippen molar-refractivity contribution in [3.05, 3.63) is 52.6 Å². The quantitative estimate of drug-likeness (QED) is 0.618. The summed E-state index contributed by atoms with van der Waals surface area (Å²) >= 11 is 0. The monoisotopic (exact) mass is 434 g/mol. The number of nitrogens with one attached hydrogen (secondary N) is 1. The summed E-state index contributed by atoms with van der Waals surface area (Å²) in [5.74, 6) is 0.130. The molecule has 162 valence electrons. The van der Waals surface area contributed by atoms with Crippen LogP contribution in [0, 0.1) is 0 Å². The number of piperazine rings is 1. The fourth-order valence-electron chi connectivity index (χ4n) is 3.19. The number of hydrogen-bond acceptors (Lipinski definition) is 7. The summed E-state index contributed by atoms with van der Waals surface area (Å²) in [5.41, 5.74) is -0.190. The highest BCUT2D eigenvalue weighted by molar-refractivity contribution is 7.89. The summed E-state index contributed by atoms with van der Waals surface area (Å²) in [6, 6.07) is 8.27. The van der Waals surface area contributed by atoms with Crippen molar-refractivity contribution in [2.45, 2.75) is 19.9 Å². The zero-order chi connectivity index (χ0) is 21.6. The molecule has 0 spiro atoms. The number of aromatic nitrogens is 3. The van der Waals surface area contributed by atoms with Crippen LogP contribution in [0.25, 0.3) is 0 Å². The van der Waals surface area contributed by atoms with Crippen LogP contribution in [-0.4, -0.2) is 71.9 Å².